The number of hydrogen-bond acceptors (Lipinski definition) is 6. The first kappa shape index (κ1) is 21.7. The summed E-state index contributed by atoms with van der Waals surface area (Å²) in [4.78, 5) is 30.8. The summed E-state index contributed by atoms with van der Waals surface area (Å²) in [5.41, 5.74) is 13.2. The number of hydrogen-bond donors (Lipinski definition) is 2. The molecule has 9 heteroatoms. The van der Waals surface area contributed by atoms with Gasteiger partial charge in [-0.25, -0.2) is 9.67 Å². The normalized spacial score (nSPS) is 21.3. The molecule has 34 heavy (non-hydrogen) atoms. The van der Waals surface area contributed by atoms with Crippen LogP contribution in [0.25, 0.3) is 11.3 Å². The molecule has 3 heterocycles. The molecule has 2 aromatic heterocycles. The Morgan fingerprint density at radius 1 is 1.15 bits per heavy atom. The molecule has 1 saturated carbocycles. The van der Waals surface area contributed by atoms with Crippen molar-refractivity contribution in [2.45, 2.75) is 31.3 Å². The second kappa shape index (κ2) is 8.66. The molecule has 1 saturated heterocycles. The van der Waals surface area contributed by atoms with E-state index >= 15 is 0 Å². The molecule has 1 aliphatic carbocycles. The van der Waals surface area contributed by atoms with E-state index in [-0.39, 0.29) is 29.4 Å². The van der Waals surface area contributed by atoms with Gasteiger partial charge >= 0.3 is 0 Å². The average molecular weight is 459 g/mol. The highest BCUT2D eigenvalue weighted by Crippen LogP contribution is 2.45. The molecule has 1 aliphatic heterocycles. The number of amides is 2. The summed E-state index contributed by atoms with van der Waals surface area (Å²) in [6.45, 7) is 4.35. The number of para-hydroxylation sites is 1. The molecule has 4 N–H and O–H groups in total. The van der Waals surface area contributed by atoms with Crippen LogP contribution in [0, 0.1) is 5.92 Å². The molecule has 0 radical (unpaired) electrons. The van der Waals surface area contributed by atoms with Gasteiger partial charge in [0.2, 0.25) is 11.8 Å². The monoisotopic (exact) mass is 458 g/mol. The highest BCUT2D eigenvalue weighted by atomic mass is 16.5. The van der Waals surface area contributed by atoms with Crippen LogP contribution in [0.5, 0.6) is 11.6 Å². The lowest BCUT2D eigenvalue weighted by molar-refractivity contribution is -0.127. The first-order valence-corrected chi connectivity index (χ1v) is 11.3. The zero-order valence-electron chi connectivity index (χ0n) is 18.6. The number of anilines is 1. The van der Waals surface area contributed by atoms with Crippen molar-refractivity contribution in [1.82, 2.24) is 19.7 Å². The number of carbonyl (C=O) groups is 2. The summed E-state index contributed by atoms with van der Waals surface area (Å²) in [6.07, 6.45) is 5.43. The SMILES string of the molecule is C=CC(=O)N1CCC2C[C@H](n3nc(-c4ccc(Oc5ccccc5)nc4)c(C(N)=O)c3N)CC21. The summed E-state index contributed by atoms with van der Waals surface area (Å²) in [7, 11) is 0. The molecule has 2 aliphatic rings. The maximum atomic E-state index is 12.3. The van der Waals surface area contributed by atoms with E-state index in [0.29, 0.717) is 28.8 Å². The Balaban J connectivity index is 1.42. The molecule has 0 bridgehead atoms. The van der Waals surface area contributed by atoms with Crippen molar-refractivity contribution in [3.05, 3.63) is 66.9 Å². The minimum atomic E-state index is -0.648. The smallest absolute Gasteiger partial charge is 0.254 e. The summed E-state index contributed by atoms with van der Waals surface area (Å²) >= 11 is 0. The zero-order valence-corrected chi connectivity index (χ0v) is 18.6. The summed E-state index contributed by atoms with van der Waals surface area (Å²) < 4.78 is 7.44. The van der Waals surface area contributed by atoms with E-state index < -0.39 is 5.91 Å². The number of fused-ring (bicyclic) bond motifs is 1. The fourth-order valence-corrected chi connectivity index (χ4v) is 5.19. The molecular weight excluding hydrogens is 432 g/mol. The number of ether oxygens (including phenoxy) is 1. The third kappa shape index (κ3) is 3.79. The van der Waals surface area contributed by atoms with E-state index in [4.69, 9.17) is 21.3 Å². The molecule has 3 aromatic rings. The quantitative estimate of drug-likeness (QED) is 0.546. The zero-order chi connectivity index (χ0) is 23.8. The topological polar surface area (TPSA) is 129 Å². The molecule has 174 valence electrons. The third-order valence-electron chi connectivity index (χ3n) is 6.75. The number of pyridine rings is 1. The lowest BCUT2D eigenvalue weighted by atomic mass is 10.0. The number of likely N-dealkylation sites (tertiary alicyclic amines) is 1. The van der Waals surface area contributed by atoms with Crippen molar-refractivity contribution < 1.29 is 14.3 Å². The summed E-state index contributed by atoms with van der Waals surface area (Å²) in [5.74, 6) is 0.991. The van der Waals surface area contributed by atoms with Crippen molar-refractivity contribution in [3.63, 3.8) is 0 Å². The highest BCUT2D eigenvalue weighted by Gasteiger charge is 2.45. The van der Waals surface area contributed by atoms with E-state index in [1.54, 1.807) is 23.0 Å². The number of nitrogens with zero attached hydrogens (tertiary/aromatic N) is 4. The molecule has 1 aromatic carbocycles. The van der Waals surface area contributed by atoms with Gasteiger partial charge in [-0.3, -0.25) is 9.59 Å². The molecule has 3 atom stereocenters. The van der Waals surface area contributed by atoms with Crippen LogP contribution in [0.15, 0.2) is 61.3 Å². The van der Waals surface area contributed by atoms with Crippen molar-refractivity contribution in [2.75, 3.05) is 12.3 Å². The fraction of sp³-hybridized carbons (Fsp3) is 0.280. The van der Waals surface area contributed by atoms with E-state index in [9.17, 15) is 9.59 Å². The van der Waals surface area contributed by atoms with Gasteiger partial charge in [-0.15, -0.1) is 0 Å². The number of aromatic nitrogens is 3. The van der Waals surface area contributed by atoms with Crippen LogP contribution in [0.3, 0.4) is 0 Å². The molecule has 2 amide bonds. The van der Waals surface area contributed by atoms with Gasteiger partial charge in [-0.1, -0.05) is 24.8 Å². The second-order valence-electron chi connectivity index (χ2n) is 8.69. The molecular formula is C25H26N6O3. The molecule has 0 spiro atoms. The first-order chi connectivity index (χ1) is 16.5. The van der Waals surface area contributed by atoms with Crippen molar-refractivity contribution in [3.8, 4) is 22.9 Å². The maximum absolute atomic E-state index is 12.3. The minimum Gasteiger partial charge on any atom is -0.439 e. The largest absolute Gasteiger partial charge is 0.439 e. The fourth-order valence-electron chi connectivity index (χ4n) is 5.19. The van der Waals surface area contributed by atoms with E-state index in [2.05, 4.69) is 11.6 Å². The number of primary amides is 1. The number of rotatable bonds is 6. The Morgan fingerprint density at radius 2 is 1.94 bits per heavy atom. The van der Waals surface area contributed by atoms with Gasteiger partial charge in [0.25, 0.3) is 5.91 Å². The first-order valence-electron chi connectivity index (χ1n) is 11.3. The van der Waals surface area contributed by atoms with Crippen LogP contribution in [0.4, 0.5) is 5.82 Å². The van der Waals surface area contributed by atoms with Crippen LogP contribution in [0.2, 0.25) is 0 Å². The minimum absolute atomic E-state index is 0.0316. The number of nitrogen functional groups attached to an aromatic ring is 1. The molecule has 2 unspecified atom stereocenters. The lowest BCUT2D eigenvalue weighted by Gasteiger charge is -2.23. The van der Waals surface area contributed by atoms with Gasteiger partial charge < -0.3 is 21.1 Å². The average Bonchev–Trinajstić information content (AvgIpc) is 3.52. The predicted molar refractivity (Wildman–Crippen MR) is 127 cm³/mol. The maximum Gasteiger partial charge on any atom is 0.254 e. The van der Waals surface area contributed by atoms with E-state index in [1.165, 1.54) is 6.08 Å². The van der Waals surface area contributed by atoms with Crippen molar-refractivity contribution >= 4 is 17.6 Å². The molecule has 5 rings (SSSR count). The Bertz CT molecular complexity index is 1240. The van der Waals surface area contributed by atoms with Crippen LogP contribution >= 0.6 is 0 Å². The van der Waals surface area contributed by atoms with E-state index in [1.807, 2.05) is 35.2 Å². The van der Waals surface area contributed by atoms with Gasteiger partial charge in [0, 0.05) is 30.4 Å². The van der Waals surface area contributed by atoms with Crippen LogP contribution in [-0.4, -0.2) is 44.1 Å². The standard InChI is InChI=1S/C25H26N6O3/c1-2-21(32)30-11-10-15-12-17(13-19(15)30)31-24(26)22(25(27)33)23(29-31)16-8-9-20(28-14-16)34-18-6-4-3-5-7-18/h2-9,14-15,17,19H,1,10-13,26H2,(H2,27,33)/t15?,17-,19?/m0/s1. The number of benzene rings is 1. The third-order valence-corrected chi connectivity index (χ3v) is 6.75. The van der Waals surface area contributed by atoms with Gasteiger partial charge in [-0.2, -0.15) is 5.10 Å². The summed E-state index contributed by atoms with van der Waals surface area (Å²) in [5, 5.41) is 4.70. The van der Waals surface area contributed by atoms with Gasteiger partial charge in [-0.05, 0) is 49.5 Å². The van der Waals surface area contributed by atoms with E-state index in [0.717, 1.165) is 25.8 Å². The van der Waals surface area contributed by atoms with Crippen LogP contribution in [0.1, 0.15) is 35.7 Å². The molecule has 2 fully saturated rings. The lowest BCUT2D eigenvalue weighted by Crippen LogP contribution is -2.35. The van der Waals surface area contributed by atoms with Crippen molar-refractivity contribution in [1.29, 1.82) is 0 Å². The Morgan fingerprint density at radius 3 is 2.62 bits per heavy atom. The van der Waals surface area contributed by atoms with Gasteiger partial charge in [0.05, 0.1) is 6.04 Å². The highest BCUT2D eigenvalue weighted by molar-refractivity contribution is 6.03. The van der Waals surface area contributed by atoms with Gasteiger partial charge in [0.15, 0.2) is 0 Å². The van der Waals surface area contributed by atoms with Crippen LogP contribution in [-0.2, 0) is 4.79 Å². The Hall–Kier alpha value is -4.14. The molecule has 9 nitrogen and oxygen atoms in total. The number of carbonyl (C=O) groups excluding carboxylic acids is 2. The summed E-state index contributed by atoms with van der Waals surface area (Å²) in [6, 6.07) is 12.9. The van der Waals surface area contributed by atoms with Crippen LogP contribution < -0.4 is 16.2 Å². The second-order valence-corrected chi connectivity index (χ2v) is 8.69. The predicted octanol–water partition coefficient (Wildman–Crippen LogP) is 3.16. The van der Waals surface area contributed by atoms with Gasteiger partial charge in [0.1, 0.15) is 22.8 Å². The van der Waals surface area contributed by atoms with Crippen molar-refractivity contribution in [2.24, 2.45) is 11.7 Å². The Kier molecular flexibility index (Phi) is 5.53. The number of nitrogens with two attached hydrogens (primary N) is 2. The Labute approximate surface area is 197 Å².